The van der Waals surface area contributed by atoms with Crippen molar-refractivity contribution in [3.8, 4) is 5.75 Å². The van der Waals surface area contributed by atoms with Gasteiger partial charge >= 0.3 is 0 Å². The standard InChI is InChI=1S/C19H21NOS/c1-20(2)12-10-18(16-11-13-22-14-16)21-19-9-5-7-15-6-3-4-8-17(15)19/h3-9,11,13-14,18H,10,12H2,1-2H3. The molecule has 3 aromatic rings. The van der Waals surface area contributed by atoms with Crippen LogP contribution in [0.4, 0.5) is 0 Å². The molecule has 0 radical (unpaired) electrons. The van der Waals surface area contributed by atoms with Crippen molar-refractivity contribution in [3.05, 3.63) is 64.9 Å². The quantitative estimate of drug-likeness (QED) is 0.637. The van der Waals surface area contributed by atoms with Crippen molar-refractivity contribution in [3.63, 3.8) is 0 Å². The largest absolute Gasteiger partial charge is 0.485 e. The van der Waals surface area contributed by atoms with Crippen LogP contribution in [-0.4, -0.2) is 25.5 Å². The molecule has 0 saturated heterocycles. The number of rotatable bonds is 6. The molecular weight excluding hydrogens is 290 g/mol. The molecule has 1 unspecified atom stereocenters. The summed E-state index contributed by atoms with van der Waals surface area (Å²) < 4.78 is 6.40. The van der Waals surface area contributed by atoms with E-state index in [1.807, 2.05) is 0 Å². The molecule has 1 aromatic heterocycles. The van der Waals surface area contributed by atoms with Crippen LogP contribution in [0.15, 0.2) is 59.3 Å². The molecule has 0 aliphatic rings. The van der Waals surface area contributed by atoms with Gasteiger partial charge in [0.25, 0.3) is 0 Å². The molecule has 2 nitrogen and oxygen atoms in total. The number of fused-ring (bicyclic) bond motifs is 1. The molecule has 0 bridgehead atoms. The molecule has 114 valence electrons. The van der Waals surface area contributed by atoms with Crippen molar-refractivity contribution in [2.75, 3.05) is 20.6 Å². The van der Waals surface area contributed by atoms with Gasteiger partial charge in [-0.25, -0.2) is 0 Å². The summed E-state index contributed by atoms with van der Waals surface area (Å²) in [6.45, 7) is 1.01. The molecule has 0 aliphatic heterocycles. The van der Waals surface area contributed by atoms with E-state index < -0.39 is 0 Å². The van der Waals surface area contributed by atoms with Gasteiger partial charge in [0.15, 0.2) is 0 Å². The first-order valence-electron chi connectivity index (χ1n) is 7.55. The topological polar surface area (TPSA) is 12.5 Å². The molecule has 0 spiro atoms. The Balaban J connectivity index is 1.88. The number of nitrogens with zero attached hydrogens (tertiary/aromatic N) is 1. The smallest absolute Gasteiger partial charge is 0.128 e. The number of ether oxygens (including phenoxy) is 1. The summed E-state index contributed by atoms with van der Waals surface area (Å²) in [5.41, 5.74) is 1.26. The van der Waals surface area contributed by atoms with E-state index in [9.17, 15) is 0 Å². The Labute approximate surface area is 136 Å². The molecule has 0 amide bonds. The van der Waals surface area contributed by atoms with Crippen molar-refractivity contribution in [2.24, 2.45) is 0 Å². The lowest BCUT2D eigenvalue weighted by Crippen LogP contribution is -2.18. The molecule has 0 saturated carbocycles. The van der Waals surface area contributed by atoms with Crippen LogP contribution in [-0.2, 0) is 0 Å². The van der Waals surface area contributed by atoms with E-state index in [0.717, 1.165) is 18.7 Å². The maximum Gasteiger partial charge on any atom is 0.128 e. The van der Waals surface area contributed by atoms with Gasteiger partial charge in [-0.15, -0.1) is 0 Å². The Morgan fingerprint density at radius 1 is 1.05 bits per heavy atom. The highest BCUT2D eigenvalue weighted by Gasteiger charge is 2.15. The second-order valence-corrected chi connectivity index (χ2v) is 6.51. The van der Waals surface area contributed by atoms with Gasteiger partial charge in [0.05, 0.1) is 0 Å². The highest BCUT2D eigenvalue weighted by molar-refractivity contribution is 7.07. The van der Waals surface area contributed by atoms with Crippen molar-refractivity contribution < 1.29 is 4.74 Å². The predicted molar refractivity (Wildman–Crippen MR) is 94.8 cm³/mol. The lowest BCUT2D eigenvalue weighted by atomic mass is 10.1. The van der Waals surface area contributed by atoms with Gasteiger partial charge in [0, 0.05) is 23.9 Å². The molecule has 3 heteroatoms. The fourth-order valence-electron chi connectivity index (χ4n) is 2.58. The maximum atomic E-state index is 6.40. The van der Waals surface area contributed by atoms with E-state index in [2.05, 4.69) is 78.3 Å². The first kappa shape index (κ1) is 15.1. The molecule has 2 aromatic carbocycles. The molecule has 0 fully saturated rings. The lowest BCUT2D eigenvalue weighted by molar-refractivity contribution is 0.182. The Morgan fingerprint density at radius 3 is 2.64 bits per heavy atom. The van der Waals surface area contributed by atoms with Crippen LogP contribution in [0.1, 0.15) is 18.1 Å². The minimum absolute atomic E-state index is 0.0967. The van der Waals surface area contributed by atoms with E-state index in [1.165, 1.54) is 16.3 Å². The van der Waals surface area contributed by atoms with Crippen molar-refractivity contribution in [1.29, 1.82) is 0 Å². The van der Waals surface area contributed by atoms with E-state index in [4.69, 9.17) is 4.74 Å². The third-order valence-electron chi connectivity index (χ3n) is 3.77. The van der Waals surface area contributed by atoms with Crippen molar-refractivity contribution in [2.45, 2.75) is 12.5 Å². The summed E-state index contributed by atoms with van der Waals surface area (Å²) in [5, 5.41) is 6.70. The van der Waals surface area contributed by atoms with Crippen LogP contribution in [0.3, 0.4) is 0 Å². The Hall–Kier alpha value is -1.84. The summed E-state index contributed by atoms with van der Waals surface area (Å²) in [7, 11) is 4.20. The van der Waals surface area contributed by atoms with E-state index in [1.54, 1.807) is 11.3 Å². The SMILES string of the molecule is CN(C)CCC(Oc1cccc2ccccc12)c1ccsc1. The Bertz CT molecular complexity index is 716. The van der Waals surface area contributed by atoms with Gasteiger partial charge in [-0.1, -0.05) is 36.4 Å². The van der Waals surface area contributed by atoms with Crippen LogP contribution in [0.2, 0.25) is 0 Å². The van der Waals surface area contributed by atoms with Gasteiger partial charge < -0.3 is 9.64 Å². The summed E-state index contributed by atoms with van der Waals surface area (Å²) >= 11 is 1.72. The van der Waals surface area contributed by atoms with Crippen LogP contribution in [0, 0.1) is 0 Å². The van der Waals surface area contributed by atoms with Crippen molar-refractivity contribution >= 4 is 22.1 Å². The average Bonchev–Trinajstić information content (AvgIpc) is 3.05. The average molecular weight is 311 g/mol. The Kier molecular flexibility index (Phi) is 4.76. The zero-order valence-electron chi connectivity index (χ0n) is 13.0. The first-order chi connectivity index (χ1) is 10.7. The molecule has 3 rings (SSSR count). The number of hydrogen-bond donors (Lipinski definition) is 0. The van der Waals surface area contributed by atoms with Gasteiger partial charge in [0.2, 0.25) is 0 Å². The lowest BCUT2D eigenvalue weighted by Gasteiger charge is -2.21. The van der Waals surface area contributed by atoms with E-state index >= 15 is 0 Å². The van der Waals surface area contributed by atoms with E-state index in [0.29, 0.717) is 0 Å². The highest BCUT2D eigenvalue weighted by atomic mass is 32.1. The van der Waals surface area contributed by atoms with Gasteiger partial charge in [-0.3, -0.25) is 0 Å². The fraction of sp³-hybridized carbons (Fsp3) is 0.263. The summed E-state index contributed by atoms with van der Waals surface area (Å²) in [5.74, 6) is 0.966. The van der Waals surface area contributed by atoms with Crippen LogP contribution in [0.25, 0.3) is 10.8 Å². The minimum Gasteiger partial charge on any atom is -0.485 e. The molecule has 1 atom stereocenters. The summed E-state index contributed by atoms with van der Waals surface area (Å²) in [6.07, 6.45) is 1.08. The highest BCUT2D eigenvalue weighted by Crippen LogP contribution is 2.31. The molecule has 0 aliphatic carbocycles. The number of benzene rings is 2. The number of hydrogen-bond acceptors (Lipinski definition) is 3. The predicted octanol–water partition coefficient (Wildman–Crippen LogP) is 4.97. The van der Waals surface area contributed by atoms with Gasteiger partial charge in [-0.2, -0.15) is 11.3 Å². The van der Waals surface area contributed by atoms with Crippen LogP contribution in [0.5, 0.6) is 5.75 Å². The zero-order chi connectivity index (χ0) is 15.4. The van der Waals surface area contributed by atoms with Crippen LogP contribution < -0.4 is 4.74 Å². The molecular formula is C19H21NOS. The Morgan fingerprint density at radius 2 is 1.86 bits per heavy atom. The maximum absolute atomic E-state index is 6.40. The van der Waals surface area contributed by atoms with Crippen molar-refractivity contribution in [1.82, 2.24) is 4.90 Å². The third kappa shape index (κ3) is 3.49. The minimum atomic E-state index is 0.0967. The molecule has 0 N–H and O–H groups in total. The first-order valence-corrected chi connectivity index (χ1v) is 8.49. The molecule has 1 heterocycles. The second-order valence-electron chi connectivity index (χ2n) is 5.73. The number of thiophene rings is 1. The van der Waals surface area contributed by atoms with Gasteiger partial charge in [-0.05, 0) is 42.4 Å². The normalized spacial score (nSPS) is 12.7. The van der Waals surface area contributed by atoms with E-state index in [-0.39, 0.29) is 6.10 Å². The summed E-state index contributed by atoms with van der Waals surface area (Å²) in [6, 6.07) is 16.8. The zero-order valence-corrected chi connectivity index (χ0v) is 13.8. The molecule has 22 heavy (non-hydrogen) atoms. The summed E-state index contributed by atoms with van der Waals surface area (Å²) in [4.78, 5) is 2.20. The third-order valence-corrected chi connectivity index (χ3v) is 4.47. The monoisotopic (exact) mass is 311 g/mol. The van der Waals surface area contributed by atoms with Crippen LogP contribution >= 0.6 is 11.3 Å². The fourth-order valence-corrected chi connectivity index (χ4v) is 3.28. The second kappa shape index (κ2) is 6.95. The van der Waals surface area contributed by atoms with Gasteiger partial charge in [0.1, 0.15) is 11.9 Å².